The molecule has 1 saturated heterocycles. The molecule has 0 aliphatic carbocycles. The van der Waals surface area contributed by atoms with Crippen molar-refractivity contribution in [2.45, 2.75) is 50.7 Å². The van der Waals surface area contributed by atoms with Gasteiger partial charge in [0.25, 0.3) is 5.91 Å². The van der Waals surface area contributed by atoms with E-state index in [9.17, 15) is 18.0 Å². The molecule has 0 radical (unpaired) electrons. The molecule has 0 bridgehead atoms. The Bertz CT molecular complexity index is 2030. The Morgan fingerprint density at radius 2 is 1.78 bits per heavy atom. The number of amidine groups is 1. The number of nitrogens with one attached hydrogen (secondary N) is 3. The summed E-state index contributed by atoms with van der Waals surface area (Å²) < 4.78 is 40.5. The fourth-order valence-electron chi connectivity index (χ4n) is 5.72. The maximum absolute atomic E-state index is 13.9. The van der Waals surface area contributed by atoms with Crippen molar-refractivity contribution in [2.75, 3.05) is 26.2 Å². The van der Waals surface area contributed by atoms with Crippen molar-refractivity contribution in [3.63, 3.8) is 0 Å². The molecule has 1 atom stereocenters. The van der Waals surface area contributed by atoms with Crippen LogP contribution in [0.2, 0.25) is 10.0 Å². The maximum atomic E-state index is 13.9. The first-order chi connectivity index (χ1) is 23.9. The molecule has 1 aromatic heterocycles. The van der Waals surface area contributed by atoms with Crippen LogP contribution in [0.3, 0.4) is 0 Å². The number of rotatable bonds is 14. The summed E-state index contributed by atoms with van der Waals surface area (Å²) in [5.41, 5.74) is 8.85. The molecule has 50 heavy (non-hydrogen) atoms. The Labute approximate surface area is 300 Å². The zero-order valence-electron chi connectivity index (χ0n) is 27.6. The number of halogens is 2. The quantitative estimate of drug-likeness (QED) is 0.0804. The van der Waals surface area contributed by atoms with Crippen molar-refractivity contribution in [3.05, 3.63) is 93.1 Å². The number of nitrogens with zero attached hydrogens (tertiary/aromatic N) is 2. The van der Waals surface area contributed by atoms with E-state index in [0.29, 0.717) is 47.4 Å². The average Bonchev–Trinajstić information content (AvgIpc) is 3.59. The lowest BCUT2D eigenvalue weighted by Gasteiger charge is -2.24. The SMILES string of the molecule is Cc1cc(C)c2cccc(OCc3c(Cl)ccc(S(=O)(=O)N4CCCC4C(=O)NCCCNC(=O)COc4ccc(C(=N)N)cc4)c3Cl)c2n1. The van der Waals surface area contributed by atoms with Crippen molar-refractivity contribution in [2.24, 2.45) is 5.73 Å². The molecule has 4 aromatic rings. The van der Waals surface area contributed by atoms with Crippen LogP contribution in [-0.2, 0) is 26.2 Å². The molecule has 5 rings (SSSR count). The Morgan fingerprint density at radius 3 is 2.52 bits per heavy atom. The van der Waals surface area contributed by atoms with Crippen LogP contribution < -0.4 is 25.8 Å². The first-order valence-electron chi connectivity index (χ1n) is 16.0. The van der Waals surface area contributed by atoms with Crippen molar-refractivity contribution >= 4 is 61.8 Å². The molecule has 0 spiro atoms. The van der Waals surface area contributed by atoms with E-state index >= 15 is 0 Å². The lowest BCUT2D eigenvalue weighted by atomic mass is 10.1. The number of carbonyl (C=O) groups is 2. The maximum Gasteiger partial charge on any atom is 0.257 e. The highest BCUT2D eigenvalue weighted by Gasteiger charge is 2.40. The number of aromatic nitrogens is 1. The van der Waals surface area contributed by atoms with Crippen LogP contribution >= 0.6 is 23.2 Å². The van der Waals surface area contributed by atoms with Crippen LogP contribution in [0.5, 0.6) is 11.5 Å². The number of para-hydroxylation sites is 1. The third kappa shape index (κ3) is 8.47. The van der Waals surface area contributed by atoms with Gasteiger partial charge in [-0.1, -0.05) is 35.3 Å². The average molecular weight is 742 g/mol. The summed E-state index contributed by atoms with van der Waals surface area (Å²) >= 11 is 13.2. The highest BCUT2D eigenvalue weighted by molar-refractivity contribution is 7.89. The molecule has 15 heteroatoms. The van der Waals surface area contributed by atoms with Crippen LogP contribution in [0.4, 0.5) is 0 Å². The number of hydrogen-bond acceptors (Lipinski definition) is 8. The zero-order valence-corrected chi connectivity index (χ0v) is 29.9. The fraction of sp³-hybridized carbons (Fsp3) is 0.314. The van der Waals surface area contributed by atoms with Crippen molar-refractivity contribution < 1.29 is 27.5 Å². The number of nitrogen functional groups attached to an aromatic ring is 1. The number of nitrogens with two attached hydrogens (primary N) is 1. The number of ether oxygens (including phenoxy) is 2. The Hall–Kier alpha value is -4.43. The van der Waals surface area contributed by atoms with Crippen molar-refractivity contribution in [1.29, 1.82) is 5.41 Å². The lowest BCUT2D eigenvalue weighted by molar-refractivity contribution is -0.124. The molecule has 5 N–H and O–H groups in total. The third-order valence-electron chi connectivity index (χ3n) is 8.26. The van der Waals surface area contributed by atoms with E-state index < -0.39 is 22.0 Å². The van der Waals surface area contributed by atoms with Gasteiger partial charge in [0.1, 0.15) is 40.4 Å². The normalized spacial score (nSPS) is 14.8. The van der Waals surface area contributed by atoms with Crippen LogP contribution in [0.1, 0.15) is 41.6 Å². The Kier molecular flexibility index (Phi) is 11.8. The second-order valence-corrected chi connectivity index (χ2v) is 14.5. The molecule has 2 amide bonds. The molecule has 12 nitrogen and oxygen atoms in total. The first kappa shape index (κ1) is 36.8. The summed E-state index contributed by atoms with van der Waals surface area (Å²) in [6, 6.07) is 15.9. The van der Waals surface area contributed by atoms with Gasteiger partial charge in [-0.2, -0.15) is 4.31 Å². The van der Waals surface area contributed by atoms with Crippen molar-refractivity contribution in [3.8, 4) is 11.5 Å². The largest absolute Gasteiger partial charge is 0.487 e. The fourth-order valence-corrected chi connectivity index (χ4v) is 8.24. The number of sulfonamides is 1. The topological polar surface area (TPSA) is 177 Å². The molecule has 2 heterocycles. The zero-order chi connectivity index (χ0) is 36.0. The highest BCUT2D eigenvalue weighted by Crippen LogP contribution is 2.36. The van der Waals surface area contributed by atoms with Gasteiger partial charge in [-0.3, -0.25) is 15.0 Å². The van der Waals surface area contributed by atoms with Gasteiger partial charge >= 0.3 is 0 Å². The van der Waals surface area contributed by atoms with E-state index in [4.69, 9.17) is 43.8 Å². The van der Waals surface area contributed by atoms with E-state index in [1.54, 1.807) is 30.3 Å². The molecule has 1 unspecified atom stereocenters. The second-order valence-electron chi connectivity index (χ2n) is 11.9. The molecule has 0 saturated carbocycles. The van der Waals surface area contributed by atoms with Gasteiger partial charge in [0.2, 0.25) is 15.9 Å². The summed E-state index contributed by atoms with van der Waals surface area (Å²) in [7, 11) is -4.19. The van der Waals surface area contributed by atoms with Crippen LogP contribution in [0.25, 0.3) is 10.9 Å². The predicted octanol–water partition coefficient (Wildman–Crippen LogP) is 4.88. The van der Waals surface area contributed by atoms with E-state index in [-0.39, 0.29) is 59.5 Å². The summed E-state index contributed by atoms with van der Waals surface area (Å²) in [6.45, 7) is 4.24. The van der Waals surface area contributed by atoms with Gasteiger partial charge in [-0.25, -0.2) is 13.4 Å². The number of benzene rings is 3. The number of fused-ring (bicyclic) bond motifs is 1. The molecule has 264 valence electrons. The third-order valence-corrected chi connectivity index (χ3v) is 11.1. The number of pyridine rings is 1. The number of amides is 2. The molecule has 1 fully saturated rings. The van der Waals surface area contributed by atoms with Gasteiger partial charge in [0, 0.05) is 46.9 Å². The van der Waals surface area contributed by atoms with Crippen LogP contribution in [0, 0.1) is 19.3 Å². The highest BCUT2D eigenvalue weighted by atomic mass is 35.5. The summed E-state index contributed by atoms with van der Waals surface area (Å²) in [5.74, 6) is 0.130. The molecule has 3 aromatic carbocycles. The molecular formula is C35H38Cl2N6O6S. The second kappa shape index (κ2) is 16.1. The van der Waals surface area contributed by atoms with Crippen LogP contribution in [-0.4, -0.2) is 67.6 Å². The van der Waals surface area contributed by atoms with Gasteiger partial charge in [0.05, 0.1) is 5.02 Å². The minimum atomic E-state index is -4.19. The predicted molar refractivity (Wildman–Crippen MR) is 193 cm³/mol. The smallest absolute Gasteiger partial charge is 0.257 e. The van der Waals surface area contributed by atoms with Crippen molar-refractivity contribution in [1.82, 2.24) is 19.9 Å². The van der Waals surface area contributed by atoms with Gasteiger partial charge < -0.3 is 25.8 Å². The summed E-state index contributed by atoms with van der Waals surface area (Å²) in [6.07, 6.45) is 1.27. The lowest BCUT2D eigenvalue weighted by Crippen LogP contribution is -2.46. The van der Waals surface area contributed by atoms with Crippen LogP contribution in [0.15, 0.2) is 65.6 Å². The summed E-state index contributed by atoms with van der Waals surface area (Å²) in [4.78, 5) is 29.8. The molecular weight excluding hydrogens is 703 g/mol. The van der Waals surface area contributed by atoms with E-state index in [2.05, 4.69) is 15.6 Å². The van der Waals surface area contributed by atoms with Gasteiger partial charge in [-0.05, 0) is 87.2 Å². The van der Waals surface area contributed by atoms with E-state index in [0.717, 1.165) is 16.6 Å². The monoisotopic (exact) mass is 740 g/mol. The standard InChI is InChI=1S/C35H38Cl2N6O6S/c1-21-18-22(2)42-33-25(21)6-3-8-29(33)49-19-26-27(36)13-14-30(32(26)37)50(46,47)43-17-4-7-28(43)35(45)41-16-5-15-40-31(44)20-48-24-11-9-23(10-12-24)34(38)39/h3,6,8-14,18,28H,4-5,7,15-17,19-20H2,1-2H3,(H3,38,39)(H,40,44)(H,41,45). The van der Waals surface area contributed by atoms with Gasteiger partial charge in [0.15, 0.2) is 6.61 Å². The molecule has 1 aliphatic rings. The Morgan fingerprint density at radius 1 is 1.04 bits per heavy atom. The minimum absolute atomic E-state index is 0.0636. The number of aryl methyl sites for hydroxylation is 2. The van der Waals surface area contributed by atoms with Gasteiger partial charge in [-0.15, -0.1) is 0 Å². The number of carbonyl (C=O) groups excluding carboxylic acids is 2. The summed E-state index contributed by atoms with van der Waals surface area (Å²) in [5, 5.41) is 14.0. The first-order valence-corrected chi connectivity index (χ1v) is 18.2. The molecule has 1 aliphatic heterocycles. The Balaban J connectivity index is 1.16. The minimum Gasteiger partial charge on any atom is -0.487 e. The van der Waals surface area contributed by atoms with E-state index in [1.165, 1.54) is 16.4 Å². The number of hydrogen-bond donors (Lipinski definition) is 4. The van der Waals surface area contributed by atoms with E-state index in [1.807, 2.05) is 32.0 Å².